The van der Waals surface area contributed by atoms with Gasteiger partial charge in [-0.2, -0.15) is 17.0 Å². The fourth-order valence-corrected chi connectivity index (χ4v) is 1.62. The third-order valence-corrected chi connectivity index (χ3v) is 2.51. The molecule has 1 unspecified atom stereocenters. The van der Waals surface area contributed by atoms with Crippen molar-refractivity contribution in [2.45, 2.75) is 26.3 Å². The van der Waals surface area contributed by atoms with Gasteiger partial charge in [0.15, 0.2) is 0 Å². The largest absolute Gasteiger partial charge is 0.302 e. The van der Waals surface area contributed by atoms with Crippen LogP contribution < -0.4 is 5.32 Å². The maximum Gasteiger partial charge on any atom is 0.104 e. The normalized spacial score (nSPS) is 12.5. The fourth-order valence-electron chi connectivity index (χ4n) is 0.734. The zero-order chi connectivity index (χ0) is 8.53. The first-order valence-corrected chi connectivity index (χ1v) is 5.21. The second-order valence-corrected chi connectivity index (χ2v) is 3.46. The van der Waals surface area contributed by atoms with Crippen LogP contribution in [0.4, 0.5) is 0 Å². The molecule has 1 N–H and O–H groups in total. The van der Waals surface area contributed by atoms with Crippen molar-refractivity contribution in [1.82, 2.24) is 5.32 Å². The molecule has 0 aromatic rings. The summed E-state index contributed by atoms with van der Waals surface area (Å²) in [5.41, 5.74) is 0. The van der Waals surface area contributed by atoms with E-state index in [9.17, 15) is 0 Å². The average Bonchev–Trinajstić information content (AvgIpc) is 2.03. The average molecular weight is 172 g/mol. The van der Waals surface area contributed by atoms with Crippen LogP contribution in [0.25, 0.3) is 0 Å². The molecule has 0 bridgehead atoms. The van der Waals surface area contributed by atoms with Crippen molar-refractivity contribution in [3.05, 3.63) is 0 Å². The van der Waals surface area contributed by atoms with Crippen LogP contribution in [0.1, 0.15) is 20.3 Å². The van der Waals surface area contributed by atoms with Crippen LogP contribution in [0.2, 0.25) is 0 Å². The van der Waals surface area contributed by atoms with Crippen molar-refractivity contribution < 1.29 is 0 Å². The first-order chi connectivity index (χ1) is 5.35. The van der Waals surface area contributed by atoms with Crippen molar-refractivity contribution in [3.63, 3.8) is 0 Å². The van der Waals surface area contributed by atoms with Gasteiger partial charge in [-0.15, -0.1) is 0 Å². The monoisotopic (exact) mass is 172 g/mol. The molecular formula is C8H16N2S. The summed E-state index contributed by atoms with van der Waals surface area (Å²) in [6, 6.07) is 2.27. The summed E-state index contributed by atoms with van der Waals surface area (Å²) < 4.78 is 0. The smallest absolute Gasteiger partial charge is 0.104 e. The maximum atomic E-state index is 8.63. The van der Waals surface area contributed by atoms with Crippen molar-refractivity contribution in [2.24, 2.45) is 0 Å². The molecule has 0 aromatic carbocycles. The minimum Gasteiger partial charge on any atom is -0.302 e. The number of thioether (sulfide) groups is 1. The van der Waals surface area contributed by atoms with Crippen LogP contribution in [0.3, 0.4) is 0 Å². The molecule has 0 amide bonds. The number of rotatable bonds is 6. The summed E-state index contributed by atoms with van der Waals surface area (Å²) in [5.74, 6) is 2.07. The predicted octanol–water partition coefficient (Wildman–Crippen LogP) is 1.63. The lowest BCUT2D eigenvalue weighted by molar-refractivity contribution is 0.677. The zero-order valence-electron chi connectivity index (χ0n) is 7.26. The highest BCUT2D eigenvalue weighted by molar-refractivity contribution is 7.99. The lowest BCUT2D eigenvalue weighted by Gasteiger charge is -2.07. The van der Waals surface area contributed by atoms with Gasteiger partial charge in [0.25, 0.3) is 0 Å². The summed E-state index contributed by atoms with van der Waals surface area (Å²) in [6.07, 6.45) is 1.19. The highest BCUT2D eigenvalue weighted by atomic mass is 32.2. The number of hydrogen-bond donors (Lipinski definition) is 1. The number of nitrogens with zero attached hydrogens (tertiary/aromatic N) is 1. The first kappa shape index (κ1) is 10.8. The molecule has 0 aliphatic rings. The highest BCUT2D eigenvalue weighted by Gasteiger charge is 2.03. The molecule has 3 heteroatoms. The van der Waals surface area contributed by atoms with E-state index in [2.05, 4.69) is 18.3 Å². The molecule has 0 rings (SSSR count). The van der Waals surface area contributed by atoms with Gasteiger partial charge in [0, 0.05) is 5.75 Å². The molecule has 0 heterocycles. The molecule has 0 saturated carbocycles. The topological polar surface area (TPSA) is 35.8 Å². The molecule has 64 valence electrons. The van der Waals surface area contributed by atoms with E-state index in [1.807, 2.05) is 18.7 Å². The minimum atomic E-state index is 0.0385. The molecule has 0 aliphatic heterocycles. The molecule has 2 nitrogen and oxygen atoms in total. The molecule has 0 radical (unpaired) electrons. The quantitative estimate of drug-likeness (QED) is 0.619. The Hall–Kier alpha value is -0.200. The zero-order valence-corrected chi connectivity index (χ0v) is 8.08. The van der Waals surface area contributed by atoms with Gasteiger partial charge < -0.3 is 5.32 Å². The fraction of sp³-hybridized carbons (Fsp3) is 0.875. The van der Waals surface area contributed by atoms with Crippen molar-refractivity contribution in [3.8, 4) is 6.07 Å². The van der Waals surface area contributed by atoms with Crippen molar-refractivity contribution in [2.75, 3.05) is 18.1 Å². The van der Waals surface area contributed by atoms with Gasteiger partial charge in [0.2, 0.25) is 0 Å². The van der Waals surface area contributed by atoms with Gasteiger partial charge in [0.1, 0.15) is 6.04 Å². The van der Waals surface area contributed by atoms with Crippen LogP contribution in [-0.4, -0.2) is 24.1 Å². The van der Waals surface area contributed by atoms with E-state index in [1.165, 1.54) is 6.42 Å². The standard InChI is InChI=1S/C8H16N2S/c1-3-5-11-7-8(6-9)10-4-2/h8,10H,3-5,7H2,1-2H3. The van der Waals surface area contributed by atoms with Crippen molar-refractivity contribution >= 4 is 11.8 Å². The Balaban J connectivity index is 3.30. The lowest BCUT2D eigenvalue weighted by atomic mass is 10.4. The van der Waals surface area contributed by atoms with Crippen LogP contribution in [0, 0.1) is 11.3 Å². The van der Waals surface area contributed by atoms with Gasteiger partial charge in [-0.05, 0) is 18.7 Å². The number of nitrogens with one attached hydrogen (secondary N) is 1. The molecule has 0 aliphatic carbocycles. The van der Waals surface area contributed by atoms with Crippen LogP contribution in [0.15, 0.2) is 0 Å². The Labute approximate surface area is 73.4 Å². The molecule has 0 saturated heterocycles. The SMILES string of the molecule is CCCSCC(C#N)NCC. The second kappa shape index (κ2) is 7.90. The minimum absolute atomic E-state index is 0.0385. The Bertz CT molecular complexity index is 120. The second-order valence-electron chi connectivity index (χ2n) is 2.31. The Kier molecular flexibility index (Phi) is 7.76. The molecule has 11 heavy (non-hydrogen) atoms. The van der Waals surface area contributed by atoms with Crippen LogP contribution in [-0.2, 0) is 0 Å². The van der Waals surface area contributed by atoms with E-state index < -0.39 is 0 Å². The number of nitriles is 1. The highest BCUT2D eigenvalue weighted by Crippen LogP contribution is 2.03. The van der Waals surface area contributed by atoms with E-state index in [0.29, 0.717) is 0 Å². The molecule has 0 fully saturated rings. The number of hydrogen-bond acceptors (Lipinski definition) is 3. The van der Waals surface area contributed by atoms with Gasteiger partial charge >= 0.3 is 0 Å². The summed E-state index contributed by atoms with van der Waals surface area (Å²) in [7, 11) is 0. The van der Waals surface area contributed by atoms with Gasteiger partial charge in [-0.3, -0.25) is 0 Å². The summed E-state index contributed by atoms with van der Waals surface area (Å²) in [5, 5.41) is 11.7. The van der Waals surface area contributed by atoms with Crippen molar-refractivity contribution in [1.29, 1.82) is 5.26 Å². The Morgan fingerprint density at radius 3 is 2.73 bits per heavy atom. The van der Waals surface area contributed by atoms with E-state index >= 15 is 0 Å². The molecular weight excluding hydrogens is 156 g/mol. The van der Waals surface area contributed by atoms with Gasteiger partial charge in [-0.25, -0.2) is 0 Å². The van der Waals surface area contributed by atoms with Crippen LogP contribution >= 0.6 is 11.8 Å². The Morgan fingerprint density at radius 2 is 2.27 bits per heavy atom. The van der Waals surface area contributed by atoms with E-state index in [1.54, 1.807) is 0 Å². The predicted molar refractivity (Wildman–Crippen MR) is 50.7 cm³/mol. The van der Waals surface area contributed by atoms with E-state index in [-0.39, 0.29) is 6.04 Å². The van der Waals surface area contributed by atoms with Gasteiger partial charge in [0.05, 0.1) is 6.07 Å². The third kappa shape index (κ3) is 6.21. The molecule has 0 spiro atoms. The Morgan fingerprint density at radius 1 is 1.55 bits per heavy atom. The van der Waals surface area contributed by atoms with Crippen LogP contribution in [0.5, 0.6) is 0 Å². The van der Waals surface area contributed by atoms with Gasteiger partial charge in [-0.1, -0.05) is 13.8 Å². The maximum absolute atomic E-state index is 8.63. The lowest BCUT2D eigenvalue weighted by Crippen LogP contribution is -2.29. The summed E-state index contributed by atoms with van der Waals surface area (Å²) >= 11 is 1.84. The summed E-state index contributed by atoms with van der Waals surface area (Å²) in [6.45, 7) is 5.06. The molecule has 1 atom stereocenters. The molecule has 0 aromatic heterocycles. The van der Waals surface area contributed by atoms with E-state index in [4.69, 9.17) is 5.26 Å². The van der Waals surface area contributed by atoms with E-state index in [0.717, 1.165) is 18.1 Å². The first-order valence-electron chi connectivity index (χ1n) is 4.05. The summed E-state index contributed by atoms with van der Waals surface area (Å²) in [4.78, 5) is 0. The third-order valence-electron chi connectivity index (χ3n) is 1.24.